The number of hydrogen-bond acceptors (Lipinski definition) is 6. The molecule has 4 nitrogen and oxygen atoms in total. The van der Waals surface area contributed by atoms with Crippen LogP contribution in [0.4, 0.5) is 0 Å². The van der Waals surface area contributed by atoms with Gasteiger partial charge in [0.1, 0.15) is 0 Å². The van der Waals surface area contributed by atoms with E-state index in [4.69, 9.17) is 0 Å². The van der Waals surface area contributed by atoms with Crippen molar-refractivity contribution < 1.29 is 36.9 Å². The van der Waals surface area contributed by atoms with Crippen molar-refractivity contribution in [1.29, 1.82) is 0 Å². The third-order valence-electron chi connectivity index (χ3n) is 2.25. The second-order valence-corrected chi connectivity index (χ2v) is 4.57. The zero-order valence-electron chi connectivity index (χ0n) is 10.5. The van der Waals surface area contributed by atoms with Gasteiger partial charge in [-0.05, 0) is 12.1 Å². The number of carbonyl (C=O) groups excluding carboxylic acids is 2. The van der Waals surface area contributed by atoms with E-state index in [9.17, 15) is 19.8 Å². The molecule has 0 unspecified atom stereocenters. The number of carbonyl (C=O) groups is 2. The van der Waals surface area contributed by atoms with Gasteiger partial charge in [-0.1, -0.05) is 36.4 Å². The van der Waals surface area contributed by atoms with Gasteiger partial charge in [-0.15, -0.1) is 25.3 Å². The van der Waals surface area contributed by atoms with E-state index in [2.05, 4.69) is 25.3 Å². The molecule has 0 aliphatic heterocycles. The number of carboxylic acids is 2. The zero-order valence-corrected chi connectivity index (χ0v) is 13.5. The smallest absolute Gasteiger partial charge is 0.545 e. The molecule has 0 amide bonds. The Morgan fingerprint density at radius 1 is 0.714 bits per heavy atom. The van der Waals surface area contributed by atoms with Crippen LogP contribution in [0.3, 0.4) is 0 Å². The van der Waals surface area contributed by atoms with Crippen LogP contribution in [0.15, 0.2) is 58.3 Å². The first kappa shape index (κ1) is 19.6. The Kier molecular flexibility index (Phi) is 8.89. The van der Waals surface area contributed by atoms with Crippen molar-refractivity contribution in [1.82, 2.24) is 0 Å². The average Bonchev–Trinajstić information content (AvgIpc) is 2.40. The predicted molar refractivity (Wildman–Crippen MR) is 76.0 cm³/mol. The number of benzene rings is 2. The molecule has 0 saturated carbocycles. The van der Waals surface area contributed by atoms with Crippen LogP contribution >= 0.6 is 25.3 Å². The molecule has 2 aromatic carbocycles. The summed E-state index contributed by atoms with van der Waals surface area (Å²) in [5.41, 5.74) is 0.261. The summed E-state index contributed by atoms with van der Waals surface area (Å²) >= 11 is 7.83. The van der Waals surface area contributed by atoms with Gasteiger partial charge in [0, 0.05) is 20.9 Å². The van der Waals surface area contributed by atoms with E-state index in [1.807, 2.05) is 0 Å². The van der Waals surface area contributed by atoms with Crippen molar-refractivity contribution in [2.45, 2.75) is 9.79 Å². The second kappa shape index (κ2) is 9.52. The molecule has 7 heteroatoms. The van der Waals surface area contributed by atoms with E-state index < -0.39 is 11.9 Å². The summed E-state index contributed by atoms with van der Waals surface area (Å²) in [6.07, 6.45) is 0. The molecule has 109 valence electrons. The van der Waals surface area contributed by atoms with Crippen LogP contribution < -0.4 is 10.2 Å². The molecular formula is C14H10MnO4S2. The number of hydrogen-bond donors (Lipinski definition) is 2. The first-order valence-electron chi connectivity index (χ1n) is 5.42. The first-order valence-corrected chi connectivity index (χ1v) is 6.31. The summed E-state index contributed by atoms with van der Waals surface area (Å²) in [4.78, 5) is 21.4. The zero-order chi connectivity index (χ0) is 15.1. The third kappa shape index (κ3) is 6.27. The second-order valence-electron chi connectivity index (χ2n) is 3.61. The molecule has 2 rings (SSSR count). The maximum atomic E-state index is 10.3. The Morgan fingerprint density at radius 2 is 1.00 bits per heavy atom. The van der Waals surface area contributed by atoms with Crippen LogP contribution in [-0.2, 0) is 17.1 Å². The van der Waals surface area contributed by atoms with E-state index >= 15 is 0 Å². The Hall–Kier alpha value is -1.40. The molecule has 0 aromatic heterocycles. The summed E-state index contributed by atoms with van der Waals surface area (Å²) in [5.74, 6) is -2.38. The average molecular weight is 361 g/mol. The molecule has 0 bridgehead atoms. The Balaban J connectivity index is 0.000000364. The molecule has 0 spiro atoms. The van der Waals surface area contributed by atoms with Gasteiger partial charge < -0.3 is 19.8 Å². The number of thiol groups is 2. The van der Waals surface area contributed by atoms with Crippen LogP contribution in [-0.4, -0.2) is 11.9 Å². The fraction of sp³-hybridized carbons (Fsp3) is 0. The van der Waals surface area contributed by atoms with Crippen LogP contribution in [0, 0.1) is 0 Å². The van der Waals surface area contributed by atoms with E-state index in [-0.39, 0.29) is 28.2 Å². The minimum absolute atomic E-state index is 0. The van der Waals surface area contributed by atoms with Crippen LogP contribution in [0.2, 0.25) is 0 Å². The van der Waals surface area contributed by atoms with E-state index in [0.717, 1.165) is 0 Å². The maximum absolute atomic E-state index is 10.3. The van der Waals surface area contributed by atoms with Crippen molar-refractivity contribution in [3.8, 4) is 0 Å². The fourth-order valence-corrected chi connectivity index (χ4v) is 1.80. The van der Waals surface area contributed by atoms with Crippen LogP contribution in [0.25, 0.3) is 0 Å². The van der Waals surface area contributed by atoms with Gasteiger partial charge in [0.25, 0.3) is 0 Å². The summed E-state index contributed by atoms with van der Waals surface area (Å²) in [6, 6.07) is 12.8. The van der Waals surface area contributed by atoms with Crippen LogP contribution in [0.1, 0.15) is 20.7 Å². The summed E-state index contributed by atoms with van der Waals surface area (Å²) in [6.45, 7) is 0. The minimum Gasteiger partial charge on any atom is -0.545 e. The molecule has 2 aromatic rings. The first-order chi connectivity index (χ1) is 9.43. The van der Waals surface area contributed by atoms with Gasteiger partial charge in [0.15, 0.2) is 0 Å². The topological polar surface area (TPSA) is 80.3 Å². The van der Waals surface area contributed by atoms with Crippen LogP contribution in [0.5, 0.6) is 0 Å². The van der Waals surface area contributed by atoms with Crippen molar-refractivity contribution >= 4 is 37.2 Å². The third-order valence-corrected chi connectivity index (χ3v) is 3.03. The molecular weight excluding hydrogens is 351 g/mol. The van der Waals surface area contributed by atoms with Crippen molar-refractivity contribution in [2.24, 2.45) is 0 Å². The van der Waals surface area contributed by atoms with Gasteiger partial charge in [0.05, 0.1) is 11.9 Å². The Bertz CT molecular complexity index is 576. The molecule has 0 atom stereocenters. The van der Waals surface area contributed by atoms with Gasteiger partial charge in [-0.2, -0.15) is 0 Å². The Morgan fingerprint density at radius 3 is 1.19 bits per heavy atom. The van der Waals surface area contributed by atoms with Crippen molar-refractivity contribution in [2.75, 3.05) is 0 Å². The van der Waals surface area contributed by atoms with Gasteiger partial charge in [0.2, 0.25) is 0 Å². The molecule has 0 heterocycles. The van der Waals surface area contributed by atoms with Gasteiger partial charge in [-0.3, -0.25) is 0 Å². The number of carboxylic acid groups (broad SMARTS) is 2. The summed E-state index contributed by atoms with van der Waals surface area (Å²) in [7, 11) is 0. The number of rotatable bonds is 2. The maximum Gasteiger partial charge on any atom is 2.00 e. The molecule has 0 aliphatic rings. The molecule has 0 aliphatic carbocycles. The SMILES string of the molecule is O=C([O-])c1ccccc1S.O=C([O-])c1ccccc1S.[Mn+2]. The summed E-state index contributed by atoms with van der Waals surface area (Å²) in [5, 5.41) is 20.5. The minimum atomic E-state index is -1.19. The van der Waals surface area contributed by atoms with Gasteiger partial charge >= 0.3 is 17.1 Å². The molecule has 0 saturated heterocycles. The molecule has 0 fully saturated rings. The largest absolute Gasteiger partial charge is 2.00 e. The molecule has 1 radical (unpaired) electrons. The normalized spacial score (nSPS) is 8.86. The quantitative estimate of drug-likeness (QED) is 0.609. The van der Waals surface area contributed by atoms with E-state index in [1.165, 1.54) is 12.1 Å². The standard InChI is InChI=1S/2C7H6O2S.Mn/c2*8-7(9)5-3-1-2-4-6(5)10;/h2*1-4,10H,(H,8,9);/q;;+2/p-2. The molecule has 0 N–H and O–H groups in total. The van der Waals surface area contributed by atoms with Gasteiger partial charge in [-0.25, -0.2) is 0 Å². The summed E-state index contributed by atoms with van der Waals surface area (Å²) < 4.78 is 0. The number of aromatic carboxylic acids is 2. The molecule has 21 heavy (non-hydrogen) atoms. The monoisotopic (exact) mass is 361 g/mol. The Labute approximate surface area is 143 Å². The van der Waals surface area contributed by atoms with Crippen molar-refractivity contribution in [3.05, 3.63) is 59.7 Å². The van der Waals surface area contributed by atoms with E-state index in [0.29, 0.717) is 9.79 Å². The van der Waals surface area contributed by atoms with Crippen molar-refractivity contribution in [3.63, 3.8) is 0 Å². The predicted octanol–water partition coefficient (Wildman–Crippen LogP) is 0.675. The fourth-order valence-electron chi connectivity index (χ4n) is 1.29. The van der Waals surface area contributed by atoms with E-state index in [1.54, 1.807) is 36.4 Å².